The van der Waals surface area contributed by atoms with Crippen LogP contribution in [-0.4, -0.2) is 75.9 Å². The van der Waals surface area contributed by atoms with E-state index in [0.29, 0.717) is 11.6 Å². The molecule has 24 heavy (non-hydrogen) atoms. The van der Waals surface area contributed by atoms with Gasteiger partial charge in [0.25, 0.3) is 5.91 Å². The summed E-state index contributed by atoms with van der Waals surface area (Å²) in [7, 11) is 1.87. The molecule has 0 aromatic carbocycles. The average molecular weight is 329 g/mol. The molecule has 0 N–H and O–H groups in total. The molecule has 128 valence electrons. The molecule has 2 aromatic heterocycles. The number of amides is 1. The molecule has 2 saturated heterocycles. The molecule has 4 heterocycles. The lowest BCUT2D eigenvalue weighted by Gasteiger charge is -2.40. The van der Waals surface area contributed by atoms with E-state index in [1.807, 2.05) is 18.0 Å². The highest BCUT2D eigenvalue weighted by atomic mass is 16.5. The van der Waals surface area contributed by atoms with E-state index in [4.69, 9.17) is 4.74 Å². The predicted molar refractivity (Wildman–Crippen MR) is 89.8 cm³/mol. The quantitative estimate of drug-likeness (QED) is 0.819. The van der Waals surface area contributed by atoms with E-state index in [-0.39, 0.29) is 5.91 Å². The highest BCUT2D eigenvalue weighted by Crippen LogP contribution is 2.20. The lowest BCUT2D eigenvalue weighted by molar-refractivity contribution is 0.00158. The smallest absolute Gasteiger partial charge is 0.255 e. The molecule has 0 saturated carbocycles. The Morgan fingerprint density at radius 3 is 2.67 bits per heavy atom. The number of carbonyl (C=O) groups is 1. The summed E-state index contributed by atoms with van der Waals surface area (Å²) in [6.07, 6.45) is 5.46. The Kier molecular flexibility index (Phi) is 4.20. The van der Waals surface area contributed by atoms with Gasteiger partial charge in [0.1, 0.15) is 5.52 Å². The number of aromatic nitrogens is 3. The molecule has 0 atom stereocenters. The van der Waals surface area contributed by atoms with Gasteiger partial charge in [-0.1, -0.05) is 0 Å². The van der Waals surface area contributed by atoms with Crippen molar-refractivity contribution in [2.45, 2.75) is 18.9 Å². The summed E-state index contributed by atoms with van der Waals surface area (Å²) < 4.78 is 7.18. The number of piperidine rings is 1. The van der Waals surface area contributed by atoms with E-state index in [1.54, 1.807) is 17.1 Å². The van der Waals surface area contributed by atoms with Crippen molar-refractivity contribution < 1.29 is 9.53 Å². The van der Waals surface area contributed by atoms with Crippen molar-refractivity contribution in [2.75, 3.05) is 39.4 Å². The van der Waals surface area contributed by atoms with Crippen molar-refractivity contribution in [3.8, 4) is 0 Å². The van der Waals surface area contributed by atoms with Gasteiger partial charge in [-0.2, -0.15) is 5.10 Å². The molecule has 1 amide bonds. The van der Waals surface area contributed by atoms with Crippen molar-refractivity contribution in [2.24, 2.45) is 7.05 Å². The summed E-state index contributed by atoms with van der Waals surface area (Å²) in [5.41, 5.74) is 2.36. The van der Waals surface area contributed by atoms with Crippen molar-refractivity contribution >= 4 is 16.9 Å². The summed E-state index contributed by atoms with van der Waals surface area (Å²) in [6.45, 7) is 5.30. The predicted octanol–water partition coefficient (Wildman–Crippen LogP) is 0.905. The summed E-state index contributed by atoms with van der Waals surface area (Å²) in [5.74, 6) is 0.0750. The van der Waals surface area contributed by atoms with Crippen molar-refractivity contribution in [1.29, 1.82) is 0 Å². The summed E-state index contributed by atoms with van der Waals surface area (Å²) in [4.78, 5) is 21.6. The molecule has 0 unspecified atom stereocenters. The maximum Gasteiger partial charge on any atom is 0.255 e. The number of rotatable bonds is 2. The van der Waals surface area contributed by atoms with Crippen molar-refractivity contribution in [3.05, 3.63) is 24.0 Å². The molecule has 0 aliphatic carbocycles. The van der Waals surface area contributed by atoms with Gasteiger partial charge in [0.2, 0.25) is 0 Å². The molecular weight excluding hydrogens is 306 g/mol. The van der Waals surface area contributed by atoms with E-state index in [2.05, 4.69) is 15.0 Å². The first kappa shape index (κ1) is 15.5. The second kappa shape index (κ2) is 6.49. The van der Waals surface area contributed by atoms with Gasteiger partial charge in [-0.05, 0) is 18.9 Å². The number of morpholine rings is 1. The molecule has 7 nitrogen and oxygen atoms in total. The first-order valence-electron chi connectivity index (χ1n) is 8.61. The fourth-order valence-corrected chi connectivity index (χ4v) is 3.70. The van der Waals surface area contributed by atoms with Gasteiger partial charge in [0.15, 0.2) is 0 Å². The number of likely N-dealkylation sites (tertiary alicyclic amines) is 1. The van der Waals surface area contributed by atoms with Gasteiger partial charge in [-0.3, -0.25) is 19.4 Å². The van der Waals surface area contributed by atoms with Gasteiger partial charge < -0.3 is 9.64 Å². The van der Waals surface area contributed by atoms with Gasteiger partial charge >= 0.3 is 0 Å². The maximum absolute atomic E-state index is 12.8. The van der Waals surface area contributed by atoms with Gasteiger partial charge in [-0.25, -0.2) is 0 Å². The maximum atomic E-state index is 12.8. The van der Waals surface area contributed by atoms with Crippen molar-refractivity contribution in [3.63, 3.8) is 0 Å². The standard InChI is InChI=1S/C17H23N5O2/c1-20-16-10-13(11-18-15(16)12-19-20)17(23)22-4-2-14(3-5-22)21-6-8-24-9-7-21/h10-12,14H,2-9H2,1H3. The van der Waals surface area contributed by atoms with E-state index >= 15 is 0 Å². The van der Waals surface area contributed by atoms with Crippen LogP contribution < -0.4 is 0 Å². The van der Waals surface area contributed by atoms with E-state index in [0.717, 1.165) is 63.3 Å². The van der Waals surface area contributed by atoms with Crippen LogP contribution >= 0.6 is 0 Å². The molecule has 4 rings (SSSR count). The molecule has 0 bridgehead atoms. The number of aryl methyl sites for hydroxylation is 1. The summed E-state index contributed by atoms with van der Waals surface area (Å²) in [6, 6.07) is 2.47. The number of carbonyl (C=O) groups excluding carboxylic acids is 1. The largest absolute Gasteiger partial charge is 0.379 e. The van der Waals surface area contributed by atoms with Crippen LogP contribution in [0.4, 0.5) is 0 Å². The van der Waals surface area contributed by atoms with E-state index in [9.17, 15) is 4.79 Å². The lowest BCUT2D eigenvalue weighted by atomic mass is 10.0. The van der Waals surface area contributed by atoms with Crippen LogP contribution in [0.3, 0.4) is 0 Å². The first-order valence-corrected chi connectivity index (χ1v) is 8.61. The molecule has 2 fully saturated rings. The van der Waals surface area contributed by atoms with Crippen LogP contribution in [0.5, 0.6) is 0 Å². The Hall–Kier alpha value is -1.99. The second-order valence-corrected chi connectivity index (χ2v) is 6.57. The SMILES string of the molecule is Cn1ncc2ncc(C(=O)N3CCC(N4CCOCC4)CC3)cc21. The fraction of sp³-hybridized carbons (Fsp3) is 0.588. The summed E-state index contributed by atoms with van der Waals surface area (Å²) in [5, 5.41) is 4.18. The summed E-state index contributed by atoms with van der Waals surface area (Å²) >= 11 is 0. The van der Waals surface area contributed by atoms with Crippen LogP contribution in [0, 0.1) is 0 Å². The first-order chi connectivity index (χ1) is 11.7. The second-order valence-electron chi connectivity index (χ2n) is 6.57. The van der Waals surface area contributed by atoms with Gasteiger partial charge in [0.05, 0.1) is 30.5 Å². The van der Waals surface area contributed by atoms with Crippen LogP contribution in [0.25, 0.3) is 11.0 Å². The van der Waals surface area contributed by atoms with E-state index in [1.165, 1.54) is 0 Å². The number of hydrogen-bond acceptors (Lipinski definition) is 5. The highest BCUT2D eigenvalue weighted by Gasteiger charge is 2.28. The fourth-order valence-electron chi connectivity index (χ4n) is 3.70. The molecule has 2 aliphatic heterocycles. The van der Waals surface area contributed by atoms with Crippen LogP contribution in [0.15, 0.2) is 18.5 Å². The third kappa shape index (κ3) is 2.89. The lowest BCUT2D eigenvalue weighted by Crippen LogP contribution is -2.50. The number of fused-ring (bicyclic) bond motifs is 1. The molecular formula is C17H23N5O2. The van der Waals surface area contributed by atoms with E-state index < -0.39 is 0 Å². The highest BCUT2D eigenvalue weighted by molar-refractivity contribution is 5.96. The van der Waals surface area contributed by atoms with Crippen LogP contribution in [-0.2, 0) is 11.8 Å². The number of nitrogens with zero attached hydrogens (tertiary/aromatic N) is 5. The Labute approximate surface area is 141 Å². The molecule has 2 aromatic rings. The minimum absolute atomic E-state index is 0.0750. The minimum atomic E-state index is 0.0750. The molecule has 2 aliphatic rings. The monoisotopic (exact) mass is 329 g/mol. The number of hydrogen-bond donors (Lipinski definition) is 0. The van der Waals surface area contributed by atoms with Crippen molar-refractivity contribution in [1.82, 2.24) is 24.6 Å². The Bertz CT molecular complexity index is 730. The molecule has 7 heteroatoms. The van der Waals surface area contributed by atoms with Crippen LogP contribution in [0.1, 0.15) is 23.2 Å². The molecule has 0 radical (unpaired) electrons. The Morgan fingerprint density at radius 2 is 1.92 bits per heavy atom. The van der Waals surface area contributed by atoms with Gasteiger partial charge in [0, 0.05) is 45.5 Å². The number of ether oxygens (including phenoxy) is 1. The third-order valence-corrected chi connectivity index (χ3v) is 5.16. The van der Waals surface area contributed by atoms with Crippen LogP contribution in [0.2, 0.25) is 0 Å². The Balaban J connectivity index is 1.42. The Morgan fingerprint density at radius 1 is 1.17 bits per heavy atom. The zero-order valence-corrected chi connectivity index (χ0v) is 14.0. The zero-order chi connectivity index (χ0) is 16.5. The average Bonchev–Trinajstić information content (AvgIpc) is 3.02. The topological polar surface area (TPSA) is 63.5 Å². The molecule has 0 spiro atoms. The minimum Gasteiger partial charge on any atom is -0.379 e. The zero-order valence-electron chi connectivity index (χ0n) is 14.0. The number of pyridine rings is 1. The normalized spacial score (nSPS) is 20.6. The third-order valence-electron chi connectivity index (χ3n) is 5.16. The van der Waals surface area contributed by atoms with Gasteiger partial charge in [-0.15, -0.1) is 0 Å².